The van der Waals surface area contributed by atoms with Gasteiger partial charge in [-0.15, -0.1) is 0 Å². The van der Waals surface area contributed by atoms with Crippen LogP contribution in [0.4, 0.5) is 4.39 Å². The minimum absolute atomic E-state index is 0.157. The monoisotopic (exact) mass is 296 g/mol. The molecule has 2 N–H and O–H groups in total. The van der Waals surface area contributed by atoms with E-state index in [9.17, 15) is 14.3 Å². The molecular weight excluding hydrogens is 283 g/mol. The van der Waals surface area contributed by atoms with Crippen LogP contribution in [-0.2, 0) is 0 Å². The summed E-state index contributed by atoms with van der Waals surface area (Å²) in [5, 5.41) is 13.0. The number of aromatic nitrogens is 2. The van der Waals surface area contributed by atoms with Gasteiger partial charge in [0.05, 0.1) is 16.3 Å². The summed E-state index contributed by atoms with van der Waals surface area (Å²) < 4.78 is 14.3. The molecule has 0 atom stereocenters. The van der Waals surface area contributed by atoms with E-state index in [1.165, 1.54) is 28.9 Å². The molecule has 5 heteroatoms. The summed E-state index contributed by atoms with van der Waals surface area (Å²) in [6.45, 7) is 3.83. The highest BCUT2D eigenvalue weighted by Crippen LogP contribution is 2.09. The lowest BCUT2D eigenvalue weighted by Crippen LogP contribution is -2.33. The smallest absolute Gasteiger partial charge is 0.279 e. The van der Waals surface area contributed by atoms with Crippen molar-refractivity contribution >= 4 is 12.7 Å². The number of hydrogen-bond donors (Lipinski definition) is 2. The van der Waals surface area contributed by atoms with Gasteiger partial charge in [-0.2, -0.15) is 0 Å². The average Bonchev–Trinajstić information content (AvgIpc) is 2.78. The minimum atomic E-state index is -0.367. The molecule has 1 aromatic heterocycles. The first-order valence-electron chi connectivity index (χ1n) is 6.61. The summed E-state index contributed by atoms with van der Waals surface area (Å²) in [6, 6.07) is 12.1. The van der Waals surface area contributed by atoms with E-state index in [0.29, 0.717) is 16.3 Å². The molecule has 3 rings (SSSR count). The van der Waals surface area contributed by atoms with Gasteiger partial charge in [-0.1, -0.05) is 18.7 Å². The third kappa shape index (κ3) is 2.56. The van der Waals surface area contributed by atoms with Crippen LogP contribution in [0.15, 0.2) is 53.3 Å². The second-order valence-corrected chi connectivity index (χ2v) is 4.86. The van der Waals surface area contributed by atoms with Crippen molar-refractivity contribution in [2.75, 3.05) is 0 Å². The van der Waals surface area contributed by atoms with E-state index in [1.807, 2.05) is 0 Å². The average molecular weight is 296 g/mol. The molecule has 0 unspecified atom stereocenters. The Bertz CT molecular complexity index is 967. The van der Waals surface area contributed by atoms with Crippen LogP contribution in [0.25, 0.3) is 18.3 Å². The maximum Gasteiger partial charge on any atom is 0.279 e. The second-order valence-electron chi connectivity index (χ2n) is 4.86. The molecule has 3 aromatic rings. The molecule has 0 radical (unpaired) electrons. The number of aromatic hydroxyl groups is 1. The van der Waals surface area contributed by atoms with Crippen molar-refractivity contribution in [3.8, 4) is 11.4 Å². The molecule has 0 saturated heterocycles. The fraction of sp³-hybridized carbons (Fsp3) is 0. The third-order valence-corrected chi connectivity index (χ3v) is 3.29. The summed E-state index contributed by atoms with van der Waals surface area (Å²) in [6.07, 6.45) is 1.68. The van der Waals surface area contributed by atoms with Crippen LogP contribution in [0.1, 0.15) is 5.56 Å². The summed E-state index contributed by atoms with van der Waals surface area (Å²) in [4.78, 5) is 12.5. The summed E-state index contributed by atoms with van der Waals surface area (Å²) in [5.41, 5.74) is 1.02. The van der Waals surface area contributed by atoms with Gasteiger partial charge in [-0.3, -0.25) is 9.89 Å². The van der Waals surface area contributed by atoms with Gasteiger partial charge in [0.25, 0.3) is 5.56 Å². The van der Waals surface area contributed by atoms with E-state index < -0.39 is 0 Å². The fourth-order valence-electron chi connectivity index (χ4n) is 2.15. The Morgan fingerprint density at radius 1 is 1.09 bits per heavy atom. The molecule has 0 saturated carbocycles. The number of phenols is 1. The highest BCUT2D eigenvalue weighted by Gasteiger charge is 2.04. The molecule has 0 spiro atoms. The Hall–Kier alpha value is -3.08. The zero-order valence-electron chi connectivity index (χ0n) is 11.6. The Morgan fingerprint density at radius 2 is 1.73 bits per heavy atom. The van der Waals surface area contributed by atoms with Crippen molar-refractivity contribution < 1.29 is 9.50 Å². The topological polar surface area (TPSA) is 58.0 Å². The molecule has 110 valence electrons. The zero-order valence-corrected chi connectivity index (χ0v) is 11.6. The molecule has 1 heterocycles. The number of hydrogen-bond acceptors (Lipinski definition) is 2. The number of nitrogens with one attached hydrogen (secondary N) is 1. The first kappa shape index (κ1) is 13.9. The SMILES string of the molecule is C=c1[nH]n(-c2ccc(F)cc2)c(=O)/c1=C\c1ccc(O)cc1. The molecule has 0 aliphatic rings. The van der Waals surface area contributed by atoms with E-state index in [0.717, 1.165) is 5.56 Å². The van der Waals surface area contributed by atoms with Gasteiger partial charge in [0.15, 0.2) is 0 Å². The molecule has 0 amide bonds. The van der Waals surface area contributed by atoms with E-state index in [2.05, 4.69) is 11.7 Å². The highest BCUT2D eigenvalue weighted by atomic mass is 19.1. The van der Waals surface area contributed by atoms with Crippen molar-refractivity contribution in [1.29, 1.82) is 0 Å². The van der Waals surface area contributed by atoms with Gasteiger partial charge in [0.1, 0.15) is 11.6 Å². The molecule has 0 aliphatic heterocycles. The highest BCUT2D eigenvalue weighted by molar-refractivity contribution is 5.50. The number of aromatic amines is 1. The van der Waals surface area contributed by atoms with E-state index in [-0.39, 0.29) is 17.1 Å². The Kier molecular flexibility index (Phi) is 3.39. The van der Waals surface area contributed by atoms with Crippen LogP contribution < -0.4 is 16.1 Å². The van der Waals surface area contributed by atoms with Crippen molar-refractivity contribution in [1.82, 2.24) is 9.78 Å². The number of phenolic OH excluding ortho intramolecular Hbond substituents is 1. The van der Waals surface area contributed by atoms with Gasteiger partial charge in [0, 0.05) is 0 Å². The summed E-state index contributed by atoms with van der Waals surface area (Å²) in [7, 11) is 0. The molecular formula is C17H13FN2O2. The number of H-pyrrole nitrogens is 1. The van der Waals surface area contributed by atoms with Crippen molar-refractivity contribution in [2.24, 2.45) is 0 Å². The predicted molar refractivity (Wildman–Crippen MR) is 82.8 cm³/mol. The van der Waals surface area contributed by atoms with Gasteiger partial charge < -0.3 is 5.11 Å². The molecule has 4 nitrogen and oxygen atoms in total. The van der Waals surface area contributed by atoms with Gasteiger partial charge in [-0.25, -0.2) is 9.07 Å². The fourth-order valence-corrected chi connectivity index (χ4v) is 2.15. The maximum atomic E-state index is 13.0. The Morgan fingerprint density at radius 3 is 2.36 bits per heavy atom. The number of nitrogens with zero attached hydrogens (tertiary/aromatic N) is 1. The van der Waals surface area contributed by atoms with E-state index >= 15 is 0 Å². The van der Waals surface area contributed by atoms with Crippen LogP contribution in [0.5, 0.6) is 5.75 Å². The lowest BCUT2D eigenvalue weighted by atomic mass is 10.2. The first-order valence-corrected chi connectivity index (χ1v) is 6.61. The number of halogens is 1. The maximum absolute atomic E-state index is 13.0. The largest absolute Gasteiger partial charge is 0.508 e. The van der Waals surface area contributed by atoms with Crippen LogP contribution in [-0.4, -0.2) is 14.9 Å². The first-order chi connectivity index (χ1) is 10.5. The van der Waals surface area contributed by atoms with Crippen molar-refractivity contribution in [3.05, 3.63) is 80.8 Å². The lowest BCUT2D eigenvalue weighted by Gasteiger charge is -1.99. The molecule has 22 heavy (non-hydrogen) atoms. The van der Waals surface area contributed by atoms with Crippen LogP contribution in [0.2, 0.25) is 0 Å². The zero-order chi connectivity index (χ0) is 15.7. The summed E-state index contributed by atoms with van der Waals surface area (Å²) >= 11 is 0. The molecule has 0 aliphatic carbocycles. The number of benzene rings is 2. The van der Waals surface area contributed by atoms with Gasteiger partial charge in [-0.05, 0) is 48.0 Å². The number of rotatable bonds is 2. The standard InChI is InChI=1S/C17H13FN2O2/c1-11-16(10-12-2-8-15(21)9-3-12)17(22)20(19-11)14-6-4-13(18)5-7-14/h2-10,19,21H,1H2/b16-10-. The summed E-state index contributed by atoms with van der Waals surface area (Å²) in [5.74, 6) is -0.209. The normalized spacial score (nSPS) is 11.8. The van der Waals surface area contributed by atoms with Crippen molar-refractivity contribution in [2.45, 2.75) is 0 Å². The van der Waals surface area contributed by atoms with Crippen LogP contribution in [0.3, 0.4) is 0 Å². The molecule has 2 aromatic carbocycles. The quantitative estimate of drug-likeness (QED) is 0.748. The van der Waals surface area contributed by atoms with Crippen LogP contribution >= 0.6 is 0 Å². The third-order valence-electron chi connectivity index (χ3n) is 3.29. The van der Waals surface area contributed by atoms with Gasteiger partial charge >= 0.3 is 0 Å². The Labute approximate surface area is 125 Å². The van der Waals surface area contributed by atoms with Crippen molar-refractivity contribution in [3.63, 3.8) is 0 Å². The minimum Gasteiger partial charge on any atom is -0.508 e. The predicted octanol–water partition coefficient (Wildman–Crippen LogP) is 1.25. The van der Waals surface area contributed by atoms with E-state index in [1.54, 1.807) is 30.3 Å². The van der Waals surface area contributed by atoms with E-state index in [4.69, 9.17) is 0 Å². The lowest BCUT2D eigenvalue weighted by molar-refractivity contribution is 0.475. The van der Waals surface area contributed by atoms with Gasteiger partial charge in [0.2, 0.25) is 0 Å². The molecule has 0 bridgehead atoms. The molecule has 0 fully saturated rings. The second kappa shape index (κ2) is 5.37. The van der Waals surface area contributed by atoms with Crippen LogP contribution in [0, 0.1) is 5.82 Å². The Balaban J connectivity index is 2.15.